The van der Waals surface area contributed by atoms with Crippen LogP contribution in [0.4, 0.5) is 13.2 Å². The van der Waals surface area contributed by atoms with Gasteiger partial charge in [-0.05, 0) is 37.0 Å². The highest BCUT2D eigenvalue weighted by Gasteiger charge is 2.34. The van der Waals surface area contributed by atoms with Gasteiger partial charge >= 0.3 is 6.36 Å². The first-order chi connectivity index (χ1) is 11.3. The average Bonchev–Trinajstić information content (AvgIpc) is 2.49. The highest BCUT2D eigenvalue weighted by atomic mass is 79.9. The van der Waals surface area contributed by atoms with Crippen molar-refractivity contribution in [3.05, 3.63) is 28.2 Å². The van der Waals surface area contributed by atoms with Crippen LogP contribution in [0.1, 0.15) is 38.3 Å². The summed E-state index contributed by atoms with van der Waals surface area (Å²) in [5.41, 5.74) is 0.601. The maximum absolute atomic E-state index is 12.8. The lowest BCUT2D eigenvalue weighted by Crippen LogP contribution is -2.45. The fourth-order valence-corrected chi connectivity index (χ4v) is 3.40. The quantitative estimate of drug-likeness (QED) is 0.574. The lowest BCUT2D eigenvalue weighted by Gasteiger charge is -2.36. The summed E-state index contributed by atoms with van der Waals surface area (Å²) in [6.07, 6.45) is -2.93. The SMILES string of the molecule is CC(C)CC[C@H](c1cc(Br)ccc1OC(F)(F)F)N1CCNCC1.Cl.Cl. The van der Waals surface area contributed by atoms with E-state index in [1.54, 1.807) is 12.1 Å². The van der Waals surface area contributed by atoms with E-state index in [2.05, 4.69) is 44.7 Å². The predicted molar refractivity (Wildman–Crippen MR) is 107 cm³/mol. The van der Waals surface area contributed by atoms with Crippen molar-refractivity contribution in [2.24, 2.45) is 5.92 Å². The van der Waals surface area contributed by atoms with Crippen molar-refractivity contribution < 1.29 is 17.9 Å². The molecule has 0 aromatic heterocycles. The molecule has 0 unspecified atom stereocenters. The maximum atomic E-state index is 12.8. The molecule has 1 aromatic rings. The summed E-state index contributed by atoms with van der Waals surface area (Å²) in [7, 11) is 0. The van der Waals surface area contributed by atoms with Gasteiger partial charge in [-0.3, -0.25) is 4.90 Å². The van der Waals surface area contributed by atoms with Gasteiger partial charge in [-0.2, -0.15) is 0 Å². The Morgan fingerprint density at radius 1 is 1.15 bits per heavy atom. The molecule has 0 aliphatic carbocycles. The summed E-state index contributed by atoms with van der Waals surface area (Å²) in [5, 5.41) is 3.29. The third kappa shape index (κ3) is 8.21. The number of alkyl halides is 3. The average molecular weight is 482 g/mol. The van der Waals surface area contributed by atoms with Gasteiger partial charge in [-0.25, -0.2) is 0 Å². The van der Waals surface area contributed by atoms with Crippen molar-refractivity contribution in [2.45, 2.75) is 39.1 Å². The Kier molecular flexibility index (Phi) is 11.5. The van der Waals surface area contributed by atoms with Gasteiger partial charge in [0, 0.05) is 42.3 Å². The van der Waals surface area contributed by atoms with Crippen LogP contribution in [-0.4, -0.2) is 37.4 Å². The summed E-state index contributed by atoms with van der Waals surface area (Å²) in [4.78, 5) is 2.25. The minimum atomic E-state index is -4.69. The number of benzene rings is 1. The molecule has 0 amide bonds. The van der Waals surface area contributed by atoms with Crippen LogP contribution in [0.25, 0.3) is 0 Å². The number of halogens is 6. The molecule has 0 bridgehead atoms. The summed E-state index contributed by atoms with van der Waals surface area (Å²) in [6.45, 7) is 7.59. The van der Waals surface area contributed by atoms with Crippen LogP contribution in [0.2, 0.25) is 0 Å². The van der Waals surface area contributed by atoms with Gasteiger partial charge in [-0.15, -0.1) is 38.0 Å². The minimum Gasteiger partial charge on any atom is -0.405 e. The third-order valence-electron chi connectivity index (χ3n) is 4.17. The van der Waals surface area contributed by atoms with Crippen molar-refractivity contribution in [1.29, 1.82) is 0 Å². The van der Waals surface area contributed by atoms with Gasteiger partial charge in [0.25, 0.3) is 0 Å². The van der Waals surface area contributed by atoms with E-state index in [0.29, 0.717) is 11.5 Å². The highest BCUT2D eigenvalue weighted by Crippen LogP contribution is 2.38. The van der Waals surface area contributed by atoms with E-state index in [-0.39, 0.29) is 36.6 Å². The number of rotatable bonds is 6. The Labute approximate surface area is 174 Å². The molecular weight excluding hydrogens is 456 g/mol. The van der Waals surface area contributed by atoms with E-state index in [9.17, 15) is 13.2 Å². The van der Waals surface area contributed by atoms with Crippen molar-refractivity contribution in [3.8, 4) is 5.75 Å². The minimum absolute atomic E-state index is 0. The zero-order chi connectivity index (χ0) is 17.7. The molecule has 0 radical (unpaired) electrons. The van der Waals surface area contributed by atoms with Crippen LogP contribution in [0.15, 0.2) is 22.7 Å². The van der Waals surface area contributed by atoms with Gasteiger partial charge < -0.3 is 10.1 Å². The van der Waals surface area contributed by atoms with E-state index >= 15 is 0 Å². The Hall–Kier alpha value is -0.210. The molecule has 152 valence electrons. The zero-order valence-corrected chi connectivity index (χ0v) is 18.0. The molecule has 1 aromatic carbocycles. The van der Waals surface area contributed by atoms with Crippen LogP contribution in [-0.2, 0) is 0 Å². The van der Waals surface area contributed by atoms with E-state index in [4.69, 9.17) is 0 Å². The standard InChI is InChI=1S/C17H24BrF3N2O.2ClH/c1-12(2)3-5-15(23-9-7-22-8-10-23)14-11-13(18)4-6-16(14)24-17(19,20)21;;/h4,6,11-12,15,22H,3,5,7-10H2,1-2H3;2*1H/t15-;;/m1../s1. The second-order valence-corrected chi connectivity index (χ2v) is 7.42. The highest BCUT2D eigenvalue weighted by molar-refractivity contribution is 9.10. The Balaban J connectivity index is 0.00000312. The van der Waals surface area contributed by atoms with Crippen LogP contribution < -0.4 is 10.1 Å². The smallest absolute Gasteiger partial charge is 0.405 e. The molecule has 0 saturated carbocycles. The van der Waals surface area contributed by atoms with Crippen molar-refractivity contribution >= 4 is 40.7 Å². The second-order valence-electron chi connectivity index (χ2n) is 6.50. The predicted octanol–water partition coefficient (Wildman–Crippen LogP) is 5.57. The van der Waals surface area contributed by atoms with Crippen LogP contribution >= 0.6 is 40.7 Å². The fraction of sp³-hybridized carbons (Fsp3) is 0.647. The molecule has 1 N–H and O–H groups in total. The summed E-state index contributed by atoms with van der Waals surface area (Å²) < 4.78 is 43.4. The Bertz CT molecular complexity index is 541. The van der Waals surface area contributed by atoms with Crippen molar-refractivity contribution in [2.75, 3.05) is 26.2 Å². The largest absolute Gasteiger partial charge is 0.573 e. The number of ether oxygens (including phenoxy) is 1. The maximum Gasteiger partial charge on any atom is 0.573 e. The first-order valence-corrected chi connectivity index (χ1v) is 9.05. The van der Waals surface area contributed by atoms with Gasteiger partial charge in [0.1, 0.15) is 5.75 Å². The Morgan fingerprint density at radius 3 is 2.31 bits per heavy atom. The molecule has 1 aliphatic heterocycles. The summed E-state index contributed by atoms with van der Waals surface area (Å²) in [6, 6.07) is 4.66. The molecule has 9 heteroatoms. The van der Waals surface area contributed by atoms with Gasteiger partial charge in [0.15, 0.2) is 0 Å². The Morgan fingerprint density at radius 2 is 1.77 bits per heavy atom. The van der Waals surface area contributed by atoms with Crippen molar-refractivity contribution in [1.82, 2.24) is 10.2 Å². The van der Waals surface area contributed by atoms with Crippen LogP contribution in [0.3, 0.4) is 0 Å². The lowest BCUT2D eigenvalue weighted by molar-refractivity contribution is -0.275. The second kappa shape index (κ2) is 11.6. The third-order valence-corrected chi connectivity index (χ3v) is 4.66. The molecule has 2 rings (SSSR count). The lowest BCUT2D eigenvalue weighted by atomic mass is 9.95. The van der Waals surface area contributed by atoms with E-state index < -0.39 is 6.36 Å². The number of piperazine rings is 1. The monoisotopic (exact) mass is 480 g/mol. The topological polar surface area (TPSA) is 24.5 Å². The van der Waals surface area contributed by atoms with Gasteiger partial charge in [0.05, 0.1) is 0 Å². The summed E-state index contributed by atoms with van der Waals surface area (Å²) >= 11 is 3.38. The molecule has 3 nitrogen and oxygen atoms in total. The number of hydrogen-bond donors (Lipinski definition) is 1. The molecule has 1 aliphatic rings. The fourth-order valence-electron chi connectivity index (χ4n) is 3.02. The van der Waals surface area contributed by atoms with Crippen molar-refractivity contribution in [3.63, 3.8) is 0 Å². The first kappa shape index (κ1) is 25.8. The van der Waals surface area contributed by atoms with Gasteiger partial charge in [-0.1, -0.05) is 29.8 Å². The molecule has 0 spiro atoms. The van der Waals surface area contributed by atoms with Gasteiger partial charge in [0.2, 0.25) is 0 Å². The van der Waals surface area contributed by atoms with Crippen LogP contribution in [0, 0.1) is 5.92 Å². The van der Waals surface area contributed by atoms with E-state index in [1.807, 2.05) is 0 Å². The van der Waals surface area contributed by atoms with Crippen LogP contribution in [0.5, 0.6) is 5.75 Å². The number of hydrogen-bond acceptors (Lipinski definition) is 3. The normalized spacial score (nSPS) is 16.6. The molecular formula is C17H26BrCl2F3N2O. The van der Waals surface area contributed by atoms with E-state index in [0.717, 1.165) is 43.5 Å². The molecule has 1 fully saturated rings. The molecule has 1 heterocycles. The number of nitrogens with one attached hydrogen (secondary N) is 1. The first-order valence-electron chi connectivity index (χ1n) is 8.26. The molecule has 26 heavy (non-hydrogen) atoms. The van der Waals surface area contributed by atoms with E-state index in [1.165, 1.54) is 6.07 Å². The molecule has 1 atom stereocenters. The summed E-state index contributed by atoms with van der Waals surface area (Å²) in [5.74, 6) is 0.396. The molecule has 1 saturated heterocycles. The zero-order valence-electron chi connectivity index (χ0n) is 14.8. The number of nitrogens with zero attached hydrogens (tertiary/aromatic N) is 1.